The van der Waals surface area contributed by atoms with E-state index in [2.05, 4.69) is 5.32 Å². The molecule has 2 rings (SSSR count). The third-order valence-corrected chi connectivity index (χ3v) is 3.81. The summed E-state index contributed by atoms with van der Waals surface area (Å²) in [6.45, 7) is 2.48. The van der Waals surface area contributed by atoms with Gasteiger partial charge in [-0.3, -0.25) is 4.79 Å². The van der Waals surface area contributed by atoms with E-state index in [1.54, 1.807) is 0 Å². The molecule has 1 unspecified atom stereocenters. The average molecular weight is 381 g/mol. The van der Waals surface area contributed by atoms with Crippen molar-refractivity contribution < 1.29 is 27.4 Å². The monoisotopic (exact) mass is 381 g/mol. The lowest BCUT2D eigenvalue weighted by Crippen LogP contribution is -2.30. The van der Waals surface area contributed by atoms with E-state index in [1.807, 2.05) is 37.3 Å². The van der Waals surface area contributed by atoms with Crippen LogP contribution in [-0.2, 0) is 15.7 Å². The van der Waals surface area contributed by atoms with E-state index in [4.69, 9.17) is 9.47 Å². The number of halogens is 3. The van der Waals surface area contributed by atoms with Crippen LogP contribution in [0.5, 0.6) is 5.75 Å². The highest BCUT2D eigenvalue weighted by atomic mass is 19.4. The molecule has 146 valence electrons. The number of benzene rings is 2. The van der Waals surface area contributed by atoms with Crippen LogP contribution in [0, 0.1) is 0 Å². The minimum atomic E-state index is -4.45. The molecule has 0 bridgehead atoms. The van der Waals surface area contributed by atoms with Crippen LogP contribution < -0.4 is 10.1 Å². The zero-order valence-electron chi connectivity index (χ0n) is 15.0. The Labute approximate surface area is 156 Å². The Kier molecular flexibility index (Phi) is 7.67. The highest BCUT2D eigenvalue weighted by molar-refractivity contribution is 5.77. The van der Waals surface area contributed by atoms with Gasteiger partial charge in [0.2, 0.25) is 0 Å². The summed E-state index contributed by atoms with van der Waals surface area (Å²) in [5.41, 5.74) is 0.265. The number of rotatable bonds is 9. The van der Waals surface area contributed by atoms with Gasteiger partial charge in [0.05, 0.1) is 11.7 Å². The number of hydrogen-bond acceptors (Lipinski definition) is 3. The van der Waals surface area contributed by atoms with Crippen molar-refractivity contribution in [1.82, 2.24) is 5.32 Å². The summed E-state index contributed by atoms with van der Waals surface area (Å²) in [6, 6.07) is 14.2. The predicted molar refractivity (Wildman–Crippen MR) is 95.4 cm³/mol. The van der Waals surface area contributed by atoms with E-state index in [0.717, 1.165) is 17.7 Å². The average Bonchev–Trinajstić information content (AvgIpc) is 2.66. The van der Waals surface area contributed by atoms with Crippen LogP contribution in [0.1, 0.15) is 30.6 Å². The van der Waals surface area contributed by atoms with Crippen molar-refractivity contribution in [2.75, 3.05) is 19.8 Å². The van der Waals surface area contributed by atoms with E-state index in [-0.39, 0.29) is 18.5 Å². The van der Waals surface area contributed by atoms with Crippen molar-refractivity contribution in [1.29, 1.82) is 0 Å². The second-order valence-electron chi connectivity index (χ2n) is 5.94. The topological polar surface area (TPSA) is 47.6 Å². The highest BCUT2D eigenvalue weighted by Gasteiger charge is 2.30. The van der Waals surface area contributed by atoms with Gasteiger partial charge >= 0.3 is 6.18 Å². The van der Waals surface area contributed by atoms with Crippen molar-refractivity contribution in [3.63, 3.8) is 0 Å². The van der Waals surface area contributed by atoms with Gasteiger partial charge in [0, 0.05) is 13.2 Å². The maximum absolute atomic E-state index is 12.6. The number of nitrogens with one attached hydrogen (secondary N) is 1. The largest absolute Gasteiger partial charge is 0.484 e. The van der Waals surface area contributed by atoms with Gasteiger partial charge < -0.3 is 14.8 Å². The van der Waals surface area contributed by atoms with Crippen molar-refractivity contribution in [3.8, 4) is 5.75 Å². The molecule has 2 aromatic carbocycles. The molecule has 0 fully saturated rings. The van der Waals surface area contributed by atoms with Crippen molar-refractivity contribution in [3.05, 3.63) is 65.7 Å². The molecule has 2 aromatic rings. The van der Waals surface area contributed by atoms with Gasteiger partial charge in [0.1, 0.15) is 5.75 Å². The maximum atomic E-state index is 12.6. The zero-order valence-corrected chi connectivity index (χ0v) is 15.0. The first kappa shape index (κ1) is 20.8. The van der Waals surface area contributed by atoms with E-state index < -0.39 is 17.6 Å². The summed E-state index contributed by atoms with van der Waals surface area (Å²) >= 11 is 0. The quantitative estimate of drug-likeness (QED) is 0.656. The van der Waals surface area contributed by atoms with Crippen LogP contribution in [0.3, 0.4) is 0 Å². The summed E-state index contributed by atoms with van der Waals surface area (Å²) in [7, 11) is 0. The zero-order chi connectivity index (χ0) is 19.7. The molecule has 27 heavy (non-hydrogen) atoms. The summed E-state index contributed by atoms with van der Waals surface area (Å²) in [4.78, 5) is 11.7. The highest BCUT2D eigenvalue weighted by Crippen LogP contribution is 2.31. The van der Waals surface area contributed by atoms with E-state index in [9.17, 15) is 18.0 Å². The fourth-order valence-electron chi connectivity index (χ4n) is 2.34. The molecule has 0 heterocycles. The molecule has 0 aromatic heterocycles. The SMILES string of the molecule is CC(OCCCNC(=O)COc1cccc(C(F)(F)F)c1)c1ccccc1. The fraction of sp³-hybridized carbons (Fsp3) is 0.350. The molecule has 1 N–H and O–H groups in total. The van der Waals surface area contributed by atoms with Crippen LogP contribution in [0.25, 0.3) is 0 Å². The first-order chi connectivity index (χ1) is 12.9. The first-order valence-corrected chi connectivity index (χ1v) is 8.59. The molecule has 0 saturated carbocycles. The molecule has 0 saturated heterocycles. The molecular formula is C20H22F3NO3. The standard InChI is InChI=1S/C20H22F3NO3/c1-15(16-7-3-2-4-8-16)26-12-6-11-24-19(25)14-27-18-10-5-9-17(13-18)20(21,22)23/h2-5,7-10,13,15H,6,11-12,14H2,1H3,(H,24,25). The Morgan fingerprint density at radius 2 is 1.85 bits per heavy atom. The smallest absolute Gasteiger partial charge is 0.416 e. The second-order valence-corrected chi connectivity index (χ2v) is 5.94. The Morgan fingerprint density at radius 1 is 1.11 bits per heavy atom. The van der Waals surface area contributed by atoms with E-state index in [0.29, 0.717) is 19.6 Å². The van der Waals surface area contributed by atoms with Crippen LogP contribution in [0.4, 0.5) is 13.2 Å². The Hall–Kier alpha value is -2.54. The van der Waals surface area contributed by atoms with Gasteiger partial charge in [0.15, 0.2) is 6.61 Å². The van der Waals surface area contributed by atoms with Gasteiger partial charge in [0.25, 0.3) is 5.91 Å². The van der Waals surface area contributed by atoms with Gasteiger partial charge in [-0.25, -0.2) is 0 Å². The van der Waals surface area contributed by atoms with E-state index >= 15 is 0 Å². The van der Waals surface area contributed by atoms with Crippen LogP contribution >= 0.6 is 0 Å². The molecule has 0 aliphatic rings. The number of alkyl halides is 3. The minimum absolute atomic E-state index is 0.00000534. The maximum Gasteiger partial charge on any atom is 0.416 e. The first-order valence-electron chi connectivity index (χ1n) is 8.59. The molecule has 0 aliphatic carbocycles. The third kappa shape index (κ3) is 7.30. The summed E-state index contributed by atoms with van der Waals surface area (Å²) in [5, 5.41) is 2.65. The molecule has 4 nitrogen and oxygen atoms in total. The van der Waals surface area contributed by atoms with Crippen LogP contribution in [-0.4, -0.2) is 25.7 Å². The Balaban J connectivity index is 1.63. The van der Waals surface area contributed by atoms with Gasteiger partial charge in [-0.15, -0.1) is 0 Å². The van der Waals surface area contributed by atoms with Crippen molar-refractivity contribution in [2.45, 2.75) is 25.6 Å². The lowest BCUT2D eigenvalue weighted by molar-refractivity contribution is -0.137. The molecule has 1 amide bonds. The lowest BCUT2D eigenvalue weighted by atomic mass is 10.1. The van der Waals surface area contributed by atoms with Gasteiger partial charge in [-0.2, -0.15) is 13.2 Å². The predicted octanol–water partition coefficient (Wildman–Crippen LogP) is 4.37. The number of carbonyl (C=O) groups excluding carboxylic acids is 1. The number of ether oxygens (including phenoxy) is 2. The molecule has 0 radical (unpaired) electrons. The Morgan fingerprint density at radius 3 is 2.56 bits per heavy atom. The van der Waals surface area contributed by atoms with Crippen LogP contribution in [0.2, 0.25) is 0 Å². The van der Waals surface area contributed by atoms with Crippen molar-refractivity contribution in [2.24, 2.45) is 0 Å². The number of carbonyl (C=O) groups is 1. The van der Waals surface area contributed by atoms with Crippen LogP contribution in [0.15, 0.2) is 54.6 Å². The molecule has 0 aliphatic heterocycles. The third-order valence-electron chi connectivity index (χ3n) is 3.81. The molecule has 1 atom stereocenters. The fourth-order valence-corrected chi connectivity index (χ4v) is 2.34. The van der Waals surface area contributed by atoms with Gasteiger partial charge in [-0.1, -0.05) is 36.4 Å². The van der Waals surface area contributed by atoms with E-state index in [1.165, 1.54) is 12.1 Å². The van der Waals surface area contributed by atoms with Crippen molar-refractivity contribution >= 4 is 5.91 Å². The normalized spacial score (nSPS) is 12.4. The Bertz CT molecular complexity index is 720. The molecule has 7 heteroatoms. The summed E-state index contributed by atoms with van der Waals surface area (Å²) < 4.78 is 48.7. The number of hydrogen-bond donors (Lipinski definition) is 1. The summed E-state index contributed by atoms with van der Waals surface area (Å²) in [6.07, 6.45) is -3.86. The molecule has 0 spiro atoms. The second kappa shape index (κ2) is 9.97. The number of amides is 1. The lowest BCUT2D eigenvalue weighted by Gasteiger charge is -2.13. The molecular weight excluding hydrogens is 359 g/mol. The van der Waals surface area contributed by atoms with Gasteiger partial charge in [-0.05, 0) is 37.1 Å². The minimum Gasteiger partial charge on any atom is -0.484 e. The summed E-state index contributed by atoms with van der Waals surface area (Å²) in [5.74, 6) is -0.400.